The number of thiocarbonyl (C=S) groups is 1. The van der Waals surface area contributed by atoms with Crippen LogP contribution >= 0.6 is 12.2 Å². The number of benzene rings is 1. The standard InChI is InChI=1S/C14H20N2O2S2/c1-10-4-3-9-16(11(10)2)20(17,18)13-7-5-12(6-8-13)14(15)19/h5-8,10-11H,3-4,9H2,1-2H3,(H2,15,19). The summed E-state index contributed by atoms with van der Waals surface area (Å²) in [6.07, 6.45) is 1.99. The Labute approximate surface area is 126 Å². The van der Waals surface area contributed by atoms with Gasteiger partial charge in [0.2, 0.25) is 10.0 Å². The van der Waals surface area contributed by atoms with E-state index in [1.807, 2.05) is 6.92 Å². The summed E-state index contributed by atoms with van der Waals surface area (Å²) in [7, 11) is -3.44. The van der Waals surface area contributed by atoms with Gasteiger partial charge in [0.1, 0.15) is 4.99 Å². The van der Waals surface area contributed by atoms with E-state index >= 15 is 0 Å². The van der Waals surface area contributed by atoms with Gasteiger partial charge in [-0.1, -0.05) is 31.3 Å². The van der Waals surface area contributed by atoms with Gasteiger partial charge in [0.05, 0.1) is 4.90 Å². The van der Waals surface area contributed by atoms with E-state index in [0.29, 0.717) is 22.9 Å². The number of hydrogen-bond acceptors (Lipinski definition) is 3. The fourth-order valence-corrected chi connectivity index (χ4v) is 4.47. The summed E-state index contributed by atoms with van der Waals surface area (Å²) in [4.78, 5) is 0.576. The maximum atomic E-state index is 12.7. The van der Waals surface area contributed by atoms with Crippen LogP contribution in [0.5, 0.6) is 0 Å². The second-order valence-electron chi connectivity index (χ2n) is 5.36. The number of nitrogens with two attached hydrogens (primary N) is 1. The topological polar surface area (TPSA) is 63.4 Å². The van der Waals surface area contributed by atoms with Crippen molar-refractivity contribution in [2.75, 3.05) is 6.54 Å². The molecule has 2 unspecified atom stereocenters. The lowest BCUT2D eigenvalue weighted by atomic mass is 9.94. The Balaban J connectivity index is 2.32. The van der Waals surface area contributed by atoms with Crippen molar-refractivity contribution in [1.82, 2.24) is 4.31 Å². The van der Waals surface area contributed by atoms with Crippen molar-refractivity contribution in [3.63, 3.8) is 0 Å². The fourth-order valence-electron chi connectivity index (χ4n) is 2.56. The SMILES string of the molecule is CC1CCCN(S(=O)(=O)c2ccc(C(N)=S)cc2)C1C. The van der Waals surface area contributed by atoms with Crippen LogP contribution in [0.15, 0.2) is 29.2 Å². The van der Waals surface area contributed by atoms with Gasteiger partial charge in [-0.15, -0.1) is 0 Å². The molecule has 0 aromatic heterocycles. The van der Waals surface area contributed by atoms with Gasteiger partial charge in [-0.05, 0) is 37.8 Å². The second kappa shape index (κ2) is 5.79. The molecule has 6 heteroatoms. The first kappa shape index (κ1) is 15.4. The molecule has 0 radical (unpaired) electrons. The summed E-state index contributed by atoms with van der Waals surface area (Å²) < 4.78 is 27.0. The molecule has 0 spiro atoms. The first-order chi connectivity index (χ1) is 9.34. The molecule has 20 heavy (non-hydrogen) atoms. The number of piperidine rings is 1. The minimum atomic E-state index is -3.44. The summed E-state index contributed by atoms with van der Waals surface area (Å²) >= 11 is 4.88. The minimum absolute atomic E-state index is 0.0315. The Morgan fingerprint density at radius 1 is 1.30 bits per heavy atom. The predicted molar refractivity (Wildman–Crippen MR) is 84.1 cm³/mol. The Hall–Kier alpha value is -0.980. The smallest absolute Gasteiger partial charge is 0.243 e. The third-order valence-corrected chi connectivity index (χ3v) is 6.30. The normalized spacial score (nSPS) is 24.5. The molecule has 0 bridgehead atoms. The molecule has 2 atom stereocenters. The molecule has 0 amide bonds. The highest BCUT2D eigenvalue weighted by molar-refractivity contribution is 7.89. The lowest BCUT2D eigenvalue weighted by molar-refractivity contribution is 0.202. The van der Waals surface area contributed by atoms with Crippen molar-refractivity contribution in [2.24, 2.45) is 11.7 Å². The number of hydrogen-bond donors (Lipinski definition) is 1. The minimum Gasteiger partial charge on any atom is -0.389 e. The highest BCUT2D eigenvalue weighted by atomic mass is 32.2. The van der Waals surface area contributed by atoms with E-state index < -0.39 is 10.0 Å². The Bertz CT molecular complexity index is 596. The monoisotopic (exact) mass is 312 g/mol. The predicted octanol–water partition coefficient (Wildman–Crippen LogP) is 2.13. The van der Waals surface area contributed by atoms with Crippen molar-refractivity contribution in [3.8, 4) is 0 Å². The molecule has 2 N–H and O–H groups in total. The van der Waals surface area contributed by atoms with E-state index in [2.05, 4.69) is 6.92 Å². The molecule has 0 saturated carbocycles. The molecule has 1 fully saturated rings. The average Bonchev–Trinajstić information content (AvgIpc) is 2.41. The Kier molecular flexibility index (Phi) is 4.46. The maximum Gasteiger partial charge on any atom is 0.243 e. The van der Waals surface area contributed by atoms with E-state index in [0.717, 1.165) is 12.8 Å². The number of sulfonamides is 1. The third kappa shape index (κ3) is 2.87. The molecular formula is C14H20N2O2S2. The fraction of sp³-hybridized carbons (Fsp3) is 0.500. The van der Waals surface area contributed by atoms with Crippen molar-refractivity contribution in [2.45, 2.75) is 37.6 Å². The van der Waals surface area contributed by atoms with Gasteiger partial charge in [-0.25, -0.2) is 8.42 Å². The van der Waals surface area contributed by atoms with Crippen LogP contribution < -0.4 is 5.73 Å². The van der Waals surface area contributed by atoms with E-state index in [9.17, 15) is 8.42 Å². The first-order valence-electron chi connectivity index (χ1n) is 6.75. The maximum absolute atomic E-state index is 12.7. The van der Waals surface area contributed by atoms with Crippen LogP contribution in [0.3, 0.4) is 0 Å². The highest BCUT2D eigenvalue weighted by Gasteiger charge is 2.34. The van der Waals surface area contributed by atoms with Gasteiger partial charge >= 0.3 is 0 Å². The molecule has 1 aromatic carbocycles. The largest absolute Gasteiger partial charge is 0.389 e. The summed E-state index contributed by atoms with van der Waals surface area (Å²) in [5.74, 6) is 0.384. The molecule has 1 heterocycles. The molecule has 1 aliphatic rings. The zero-order valence-corrected chi connectivity index (χ0v) is 13.4. The van der Waals surface area contributed by atoms with Gasteiger partial charge in [-0.3, -0.25) is 0 Å². The molecule has 1 aliphatic heterocycles. The zero-order chi connectivity index (χ0) is 14.9. The first-order valence-corrected chi connectivity index (χ1v) is 8.60. The highest BCUT2D eigenvalue weighted by Crippen LogP contribution is 2.28. The molecule has 0 aliphatic carbocycles. The van der Waals surface area contributed by atoms with Crippen molar-refractivity contribution in [3.05, 3.63) is 29.8 Å². The quantitative estimate of drug-likeness (QED) is 0.869. The summed E-state index contributed by atoms with van der Waals surface area (Å²) in [5, 5.41) is 0. The lowest BCUT2D eigenvalue weighted by Crippen LogP contribution is -2.45. The van der Waals surface area contributed by atoms with Gasteiger partial charge in [-0.2, -0.15) is 4.31 Å². The molecule has 110 valence electrons. The van der Waals surface area contributed by atoms with Crippen LogP contribution in [0.25, 0.3) is 0 Å². The number of nitrogens with zero attached hydrogens (tertiary/aromatic N) is 1. The molecule has 1 saturated heterocycles. The van der Waals surface area contributed by atoms with Crippen LogP contribution in [-0.2, 0) is 10.0 Å². The second-order valence-corrected chi connectivity index (χ2v) is 7.69. The van der Waals surface area contributed by atoms with Crippen molar-refractivity contribution < 1.29 is 8.42 Å². The molecule has 1 aromatic rings. The molecule has 2 rings (SSSR count). The van der Waals surface area contributed by atoms with Gasteiger partial charge in [0, 0.05) is 18.2 Å². The van der Waals surface area contributed by atoms with E-state index in [-0.39, 0.29) is 11.0 Å². The summed E-state index contributed by atoms with van der Waals surface area (Å²) in [6, 6.07) is 6.51. The molecule has 4 nitrogen and oxygen atoms in total. The van der Waals surface area contributed by atoms with Crippen molar-refractivity contribution >= 4 is 27.2 Å². The van der Waals surface area contributed by atoms with Crippen LogP contribution in [0, 0.1) is 5.92 Å². The third-order valence-electron chi connectivity index (χ3n) is 4.06. The molecular weight excluding hydrogens is 292 g/mol. The Morgan fingerprint density at radius 3 is 2.45 bits per heavy atom. The summed E-state index contributed by atoms with van der Waals surface area (Å²) in [6.45, 7) is 4.66. The Morgan fingerprint density at radius 2 is 1.90 bits per heavy atom. The van der Waals surface area contributed by atoms with E-state index in [4.69, 9.17) is 18.0 Å². The summed E-state index contributed by atoms with van der Waals surface area (Å²) in [5.41, 5.74) is 6.21. The van der Waals surface area contributed by atoms with E-state index in [1.165, 1.54) is 0 Å². The van der Waals surface area contributed by atoms with Crippen LogP contribution in [-0.4, -0.2) is 30.3 Å². The average molecular weight is 312 g/mol. The van der Waals surface area contributed by atoms with Gasteiger partial charge in [0.15, 0.2) is 0 Å². The van der Waals surface area contributed by atoms with Gasteiger partial charge in [0.25, 0.3) is 0 Å². The van der Waals surface area contributed by atoms with Crippen molar-refractivity contribution in [1.29, 1.82) is 0 Å². The van der Waals surface area contributed by atoms with Gasteiger partial charge < -0.3 is 5.73 Å². The lowest BCUT2D eigenvalue weighted by Gasteiger charge is -2.36. The van der Waals surface area contributed by atoms with Crippen LogP contribution in [0.4, 0.5) is 0 Å². The number of rotatable bonds is 3. The van der Waals surface area contributed by atoms with Crippen LogP contribution in [0.1, 0.15) is 32.3 Å². The van der Waals surface area contributed by atoms with Crippen LogP contribution in [0.2, 0.25) is 0 Å². The zero-order valence-electron chi connectivity index (χ0n) is 11.7. The van der Waals surface area contributed by atoms with E-state index in [1.54, 1.807) is 28.6 Å².